The molecule has 5 nitrogen and oxygen atoms in total. The Labute approximate surface area is 175 Å². The van der Waals surface area contributed by atoms with E-state index in [9.17, 15) is 9.90 Å². The number of hydrogen-bond acceptors (Lipinski definition) is 5. The number of amidine groups is 1. The summed E-state index contributed by atoms with van der Waals surface area (Å²) in [6.45, 7) is 1.45. The normalized spacial score (nSPS) is 15.2. The van der Waals surface area contributed by atoms with Crippen molar-refractivity contribution in [3.05, 3.63) is 113 Å². The molecule has 3 aromatic carbocycles. The second-order valence-corrected chi connectivity index (χ2v) is 7.03. The Morgan fingerprint density at radius 2 is 1.43 bits per heavy atom. The number of carbonyl (C=O) groups excluding carboxylic acids is 1. The summed E-state index contributed by atoms with van der Waals surface area (Å²) in [5.74, 6) is -0.564. The zero-order valence-electron chi connectivity index (χ0n) is 16.8. The summed E-state index contributed by atoms with van der Waals surface area (Å²) in [4.78, 5) is 17.6. The van der Waals surface area contributed by atoms with E-state index in [1.165, 1.54) is 14.0 Å². The van der Waals surface area contributed by atoms with Crippen molar-refractivity contribution in [2.45, 2.75) is 12.5 Å². The molecule has 1 aliphatic heterocycles. The molecular formula is C25H22N2O3. The minimum atomic E-state index is -0.908. The number of benzene rings is 3. The average Bonchev–Trinajstić information content (AvgIpc) is 2.79. The number of para-hydroxylation sites is 1. The predicted molar refractivity (Wildman–Crippen MR) is 118 cm³/mol. The molecule has 2 N–H and O–H groups in total. The number of methoxy groups -OCH3 is 1. The first kappa shape index (κ1) is 19.5. The number of nitrogens with zero attached hydrogens (tertiary/aromatic N) is 1. The number of anilines is 1. The van der Waals surface area contributed by atoms with Crippen molar-refractivity contribution in [2.75, 3.05) is 12.4 Å². The van der Waals surface area contributed by atoms with Gasteiger partial charge in [0.25, 0.3) is 0 Å². The molecule has 0 bridgehead atoms. The van der Waals surface area contributed by atoms with Gasteiger partial charge >= 0.3 is 5.97 Å². The maximum absolute atomic E-state index is 12.5. The summed E-state index contributed by atoms with van der Waals surface area (Å²) >= 11 is 0. The molecule has 0 saturated heterocycles. The lowest BCUT2D eigenvalue weighted by molar-refractivity contribution is -0.135. The molecule has 1 heterocycles. The van der Waals surface area contributed by atoms with Crippen LogP contribution in [0.15, 0.2) is 101 Å². The van der Waals surface area contributed by atoms with E-state index in [-0.39, 0.29) is 17.2 Å². The van der Waals surface area contributed by atoms with Crippen LogP contribution in [0.4, 0.5) is 5.69 Å². The van der Waals surface area contributed by atoms with Gasteiger partial charge in [-0.15, -0.1) is 0 Å². The van der Waals surface area contributed by atoms with Crippen molar-refractivity contribution < 1.29 is 14.6 Å². The van der Waals surface area contributed by atoms with E-state index in [4.69, 9.17) is 9.73 Å². The fraction of sp³-hybridized carbons (Fsp3) is 0.120. The number of aliphatic hydroxyl groups is 1. The predicted octanol–water partition coefficient (Wildman–Crippen LogP) is 4.81. The Bertz CT molecular complexity index is 1090. The highest BCUT2D eigenvalue weighted by molar-refractivity contribution is 6.25. The molecule has 0 fully saturated rings. The average molecular weight is 398 g/mol. The minimum absolute atomic E-state index is 0.00300. The number of ether oxygens (including phenoxy) is 1. The summed E-state index contributed by atoms with van der Waals surface area (Å²) in [7, 11) is 1.28. The molecule has 5 heteroatoms. The molecule has 30 heavy (non-hydrogen) atoms. The van der Waals surface area contributed by atoms with Crippen LogP contribution < -0.4 is 5.32 Å². The zero-order chi connectivity index (χ0) is 21.1. The third kappa shape index (κ3) is 3.14. The van der Waals surface area contributed by atoms with Crippen LogP contribution in [0.1, 0.15) is 23.6 Å². The number of allylic oxidation sites excluding steroid dienone is 1. The van der Waals surface area contributed by atoms with Gasteiger partial charge in [0.1, 0.15) is 22.7 Å². The third-order valence-corrected chi connectivity index (χ3v) is 5.22. The van der Waals surface area contributed by atoms with Gasteiger partial charge in [-0.25, -0.2) is 9.79 Å². The van der Waals surface area contributed by atoms with Gasteiger partial charge in [-0.1, -0.05) is 78.9 Å². The molecule has 3 aromatic rings. The summed E-state index contributed by atoms with van der Waals surface area (Å²) in [5.41, 5.74) is 2.74. The number of esters is 1. The van der Waals surface area contributed by atoms with E-state index in [1.54, 1.807) is 0 Å². The van der Waals surface area contributed by atoms with Crippen molar-refractivity contribution in [2.24, 2.45) is 4.99 Å². The molecule has 0 unspecified atom stereocenters. The largest absolute Gasteiger partial charge is 0.512 e. The Hall–Kier alpha value is -3.86. The summed E-state index contributed by atoms with van der Waals surface area (Å²) in [6, 6.07) is 27.7. The van der Waals surface area contributed by atoms with Gasteiger partial charge < -0.3 is 15.2 Å². The van der Waals surface area contributed by atoms with E-state index >= 15 is 0 Å². The number of fused-ring (bicyclic) bond motifs is 1. The molecular weight excluding hydrogens is 376 g/mol. The number of aliphatic imine (C=N–C) groups is 1. The number of rotatable bonds is 4. The summed E-state index contributed by atoms with van der Waals surface area (Å²) in [5, 5.41) is 13.5. The molecule has 0 radical (unpaired) electrons. The standard InChI is InChI=1S/C25H22N2O3/c1-17(28)22(24(29)30-2)23-26-21-16-10-9-15-20(21)25(27-23,18-11-5-3-6-12-18)19-13-7-4-8-14-19/h3-16,28H,1-2H3,(H,26,27)/b22-17-. The van der Waals surface area contributed by atoms with Gasteiger partial charge in [-0.05, 0) is 24.1 Å². The Morgan fingerprint density at radius 3 is 1.97 bits per heavy atom. The molecule has 1 aliphatic rings. The van der Waals surface area contributed by atoms with E-state index in [0.29, 0.717) is 0 Å². The first-order valence-corrected chi connectivity index (χ1v) is 9.64. The van der Waals surface area contributed by atoms with Gasteiger partial charge in [-0.2, -0.15) is 0 Å². The van der Waals surface area contributed by atoms with Gasteiger partial charge in [0.2, 0.25) is 0 Å². The van der Waals surface area contributed by atoms with Gasteiger partial charge in [-0.3, -0.25) is 0 Å². The van der Waals surface area contributed by atoms with Crippen molar-refractivity contribution in [1.82, 2.24) is 0 Å². The van der Waals surface area contributed by atoms with Gasteiger partial charge in [0.05, 0.1) is 7.11 Å². The van der Waals surface area contributed by atoms with Crippen LogP contribution in [0.5, 0.6) is 0 Å². The molecule has 0 saturated carbocycles. The maximum Gasteiger partial charge on any atom is 0.345 e. The lowest BCUT2D eigenvalue weighted by atomic mass is 9.76. The van der Waals surface area contributed by atoms with Crippen LogP contribution >= 0.6 is 0 Å². The van der Waals surface area contributed by atoms with Crippen LogP contribution in [0.2, 0.25) is 0 Å². The number of aliphatic hydroxyl groups excluding tert-OH is 1. The molecule has 4 rings (SSSR count). The molecule has 0 atom stereocenters. The molecule has 0 aromatic heterocycles. The van der Waals surface area contributed by atoms with Gasteiger partial charge in [0, 0.05) is 11.3 Å². The first-order chi connectivity index (χ1) is 14.6. The van der Waals surface area contributed by atoms with Gasteiger partial charge in [0.15, 0.2) is 0 Å². The minimum Gasteiger partial charge on any atom is -0.512 e. The molecule has 0 amide bonds. The van der Waals surface area contributed by atoms with Crippen molar-refractivity contribution in [3.8, 4) is 0 Å². The number of carbonyl (C=O) groups is 1. The number of nitrogens with one attached hydrogen (secondary N) is 1. The molecule has 0 spiro atoms. The fourth-order valence-corrected chi connectivity index (χ4v) is 3.89. The highest BCUT2D eigenvalue weighted by atomic mass is 16.5. The second-order valence-electron chi connectivity index (χ2n) is 7.03. The van der Waals surface area contributed by atoms with Crippen LogP contribution in [-0.4, -0.2) is 24.0 Å². The van der Waals surface area contributed by atoms with Crippen molar-refractivity contribution >= 4 is 17.5 Å². The van der Waals surface area contributed by atoms with E-state index in [1.807, 2.05) is 84.9 Å². The highest BCUT2D eigenvalue weighted by Gasteiger charge is 2.42. The van der Waals surface area contributed by atoms with E-state index in [2.05, 4.69) is 5.32 Å². The van der Waals surface area contributed by atoms with Crippen molar-refractivity contribution in [3.63, 3.8) is 0 Å². The Balaban J connectivity index is 2.10. The van der Waals surface area contributed by atoms with Crippen LogP contribution in [0, 0.1) is 0 Å². The smallest absolute Gasteiger partial charge is 0.345 e. The summed E-state index contributed by atoms with van der Waals surface area (Å²) < 4.78 is 4.92. The van der Waals surface area contributed by atoms with Crippen molar-refractivity contribution in [1.29, 1.82) is 0 Å². The topological polar surface area (TPSA) is 70.9 Å². The lowest BCUT2D eigenvalue weighted by Gasteiger charge is -2.38. The van der Waals surface area contributed by atoms with Crippen LogP contribution in [-0.2, 0) is 15.1 Å². The Kier molecular flexibility index (Phi) is 5.11. The van der Waals surface area contributed by atoms with E-state index < -0.39 is 11.5 Å². The quantitative estimate of drug-likeness (QED) is 0.376. The SMILES string of the molecule is COC(=O)/C(C1=NC(c2ccccc2)(c2ccccc2)c2ccccc2N1)=C(/C)O. The lowest BCUT2D eigenvalue weighted by Crippen LogP contribution is -2.37. The number of hydrogen-bond donors (Lipinski definition) is 2. The third-order valence-electron chi connectivity index (χ3n) is 5.22. The molecule has 0 aliphatic carbocycles. The highest BCUT2D eigenvalue weighted by Crippen LogP contribution is 2.46. The second kappa shape index (κ2) is 7.87. The van der Waals surface area contributed by atoms with Crippen LogP contribution in [0.25, 0.3) is 0 Å². The first-order valence-electron chi connectivity index (χ1n) is 9.64. The molecule has 150 valence electrons. The fourth-order valence-electron chi connectivity index (χ4n) is 3.89. The monoisotopic (exact) mass is 398 g/mol. The Morgan fingerprint density at radius 1 is 0.900 bits per heavy atom. The van der Waals surface area contributed by atoms with E-state index in [0.717, 1.165) is 22.4 Å². The summed E-state index contributed by atoms with van der Waals surface area (Å²) in [6.07, 6.45) is 0. The maximum atomic E-state index is 12.5. The zero-order valence-corrected chi connectivity index (χ0v) is 16.8. The van der Waals surface area contributed by atoms with Crippen LogP contribution in [0.3, 0.4) is 0 Å².